The van der Waals surface area contributed by atoms with Crippen molar-refractivity contribution in [2.75, 3.05) is 0 Å². The van der Waals surface area contributed by atoms with E-state index in [2.05, 4.69) is 25.9 Å². The molecule has 1 heterocycles. The third-order valence-electron chi connectivity index (χ3n) is 3.05. The minimum atomic E-state index is -0.244. The number of nitrogens with one attached hydrogen (secondary N) is 1. The molecule has 0 unspecified atom stereocenters. The molecular formula is C16H11BrN2O2. The highest BCUT2D eigenvalue weighted by Crippen LogP contribution is 2.26. The van der Waals surface area contributed by atoms with E-state index in [4.69, 9.17) is 0 Å². The van der Waals surface area contributed by atoms with Gasteiger partial charge in [-0.1, -0.05) is 30.3 Å². The van der Waals surface area contributed by atoms with Crippen LogP contribution in [-0.4, -0.2) is 15.1 Å². The van der Waals surface area contributed by atoms with Gasteiger partial charge in [0.25, 0.3) is 5.56 Å². The quantitative estimate of drug-likeness (QED) is 0.748. The Hall–Kier alpha value is -2.40. The van der Waals surface area contributed by atoms with E-state index in [1.807, 2.05) is 30.3 Å². The molecule has 0 amide bonds. The van der Waals surface area contributed by atoms with Gasteiger partial charge in [0.2, 0.25) is 0 Å². The van der Waals surface area contributed by atoms with Crippen molar-refractivity contribution in [2.24, 2.45) is 0 Å². The van der Waals surface area contributed by atoms with Crippen LogP contribution >= 0.6 is 15.9 Å². The van der Waals surface area contributed by atoms with Crippen molar-refractivity contribution in [3.8, 4) is 28.4 Å². The van der Waals surface area contributed by atoms with Crippen LogP contribution in [0.1, 0.15) is 0 Å². The predicted molar refractivity (Wildman–Crippen MR) is 85.1 cm³/mol. The maximum Gasteiger partial charge on any atom is 0.266 e. The van der Waals surface area contributed by atoms with Crippen LogP contribution in [0, 0.1) is 0 Å². The highest BCUT2D eigenvalue weighted by molar-refractivity contribution is 9.10. The van der Waals surface area contributed by atoms with E-state index in [0.29, 0.717) is 16.0 Å². The Labute approximate surface area is 129 Å². The maximum absolute atomic E-state index is 12.1. The van der Waals surface area contributed by atoms with E-state index >= 15 is 0 Å². The van der Waals surface area contributed by atoms with Gasteiger partial charge in [0, 0.05) is 11.1 Å². The van der Waals surface area contributed by atoms with E-state index in [1.54, 1.807) is 24.3 Å². The lowest BCUT2D eigenvalue weighted by molar-refractivity contribution is 0.475. The number of H-pyrrole nitrogens is 1. The Morgan fingerprint density at radius 2 is 1.62 bits per heavy atom. The third-order valence-corrected chi connectivity index (χ3v) is 3.79. The summed E-state index contributed by atoms with van der Waals surface area (Å²) in [6, 6.07) is 16.0. The normalized spacial score (nSPS) is 10.5. The number of aromatic nitrogens is 2. The summed E-state index contributed by atoms with van der Waals surface area (Å²) >= 11 is 3.29. The number of halogens is 1. The molecule has 0 spiro atoms. The Bertz CT molecular complexity index is 827. The van der Waals surface area contributed by atoms with Gasteiger partial charge in [-0.05, 0) is 40.2 Å². The molecule has 5 heteroatoms. The van der Waals surface area contributed by atoms with Crippen molar-refractivity contribution in [3.63, 3.8) is 0 Å². The van der Waals surface area contributed by atoms with Gasteiger partial charge >= 0.3 is 0 Å². The molecule has 0 atom stereocenters. The first-order valence-corrected chi connectivity index (χ1v) is 7.09. The first kappa shape index (κ1) is 13.6. The molecule has 3 rings (SSSR count). The SMILES string of the molecule is O=c1[nH]c(-c2ccc(O)cc2)nc(-c2ccccc2)c1Br. The molecule has 0 saturated heterocycles. The number of hydrogen-bond acceptors (Lipinski definition) is 3. The van der Waals surface area contributed by atoms with Gasteiger partial charge < -0.3 is 10.1 Å². The molecule has 0 aliphatic carbocycles. The first-order chi connectivity index (χ1) is 10.1. The van der Waals surface area contributed by atoms with E-state index in [9.17, 15) is 9.90 Å². The molecule has 21 heavy (non-hydrogen) atoms. The van der Waals surface area contributed by atoms with Gasteiger partial charge in [0.05, 0.1) is 5.69 Å². The van der Waals surface area contributed by atoms with Gasteiger partial charge in [-0.25, -0.2) is 4.98 Å². The summed E-state index contributed by atoms with van der Waals surface area (Å²) in [5.74, 6) is 0.628. The number of rotatable bonds is 2. The zero-order valence-corrected chi connectivity index (χ0v) is 12.5. The minimum absolute atomic E-state index is 0.168. The van der Waals surface area contributed by atoms with E-state index in [1.165, 1.54) is 0 Å². The lowest BCUT2D eigenvalue weighted by atomic mass is 10.1. The second kappa shape index (κ2) is 5.54. The number of nitrogens with zero attached hydrogens (tertiary/aromatic N) is 1. The molecular weight excluding hydrogens is 332 g/mol. The summed E-state index contributed by atoms with van der Waals surface area (Å²) in [7, 11) is 0. The number of benzene rings is 2. The highest BCUT2D eigenvalue weighted by Gasteiger charge is 2.12. The maximum atomic E-state index is 12.1. The molecule has 0 bridgehead atoms. The van der Waals surface area contributed by atoms with E-state index in [0.717, 1.165) is 11.1 Å². The van der Waals surface area contributed by atoms with Crippen LogP contribution in [0.5, 0.6) is 5.75 Å². The van der Waals surface area contributed by atoms with Gasteiger partial charge in [0.15, 0.2) is 0 Å². The molecule has 0 aliphatic heterocycles. The largest absolute Gasteiger partial charge is 0.508 e. The van der Waals surface area contributed by atoms with Crippen LogP contribution in [0.4, 0.5) is 0 Å². The number of aromatic amines is 1. The van der Waals surface area contributed by atoms with Crippen molar-refractivity contribution < 1.29 is 5.11 Å². The molecule has 0 aliphatic rings. The average molecular weight is 343 g/mol. The lowest BCUT2D eigenvalue weighted by Crippen LogP contribution is -2.11. The van der Waals surface area contributed by atoms with Crippen molar-refractivity contribution in [3.05, 3.63) is 69.4 Å². The second-order valence-corrected chi connectivity index (χ2v) is 5.28. The zero-order chi connectivity index (χ0) is 14.8. The second-order valence-electron chi connectivity index (χ2n) is 4.49. The van der Waals surface area contributed by atoms with Gasteiger partial charge in [-0.3, -0.25) is 4.79 Å². The number of phenolic OH excluding ortho intramolecular Hbond substituents is 1. The van der Waals surface area contributed by atoms with Gasteiger partial charge in [-0.15, -0.1) is 0 Å². The van der Waals surface area contributed by atoms with Crippen molar-refractivity contribution >= 4 is 15.9 Å². The summed E-state index contributed by atoms with van der Waals surface area (Å²) in [5.41, 5.74) is 1.93. The number of aromatic hydroxyl groups is 1. The Balaban J connectivity index is 2.19. The van der Waals surface area contributed by atoms with Gasteiger partial charge in [-0.2, -0.15) is 0 Å². The summed E-state index contributed by atoms with van der Waals surface area (Å²) in [6.45, 7) is 0. The average Bonchev–Trinajstić information content (AvgIpc) is 2.51. The third kappa shape index (κ3) is 2.73. The highest BCUT2D eigenvalue weighted by atomic mass is 79.9. The number of hydrogen-bond donors (Lipinski definition) is 2. The fraction of sp³-hybridized carbons (Fsp3) is 0. The standard InChI is InChI=1S/C16H11BrN2O2/c17-13-14(10-4-2-1-3-5-10)18-15(19-16(13)21)11-6-8-12(20)9-7-11/h1-9,20H,(H,18,19,21). The summed E-state index contributed by atoms with van der Waals surface area (Å²) in [4.78, 5) is 19.3. The Morgan fingerprint density at radius 3 is 2.29 bits per heavy atom. The van der Waals surface area contributed by atoms with Crippen molar-refractivity contribution in [1.82, 2.24) is 9.97 Å². The van der Waals surface area contributed by atoms with E-state index in [-0.39, 0.29) is 11.3 Å². The molecule has 0 fully saturated rings. The van der Waals surface area contributed by atoms with Crippen LogP contribution in [0.2, 0.25) is 0 Å². The van der Waals surface area contributed by atoms with E-state index < -0.39 is 0 Å². The van der Waals surface area contributed by atoms with Gasteiger partial charge in [0.1, 0.15) is 16.0 Å². The molecule has 4 nitrogen and oxygen atoms in total. The summed E-state index contributed by atoms with van der Waals surface area (Å²) < 4.78 is 0.399. The fourth-order valence-corrected chi connectivity index (χ4v) is 2.42. The monoisotopic (exact) mass is 342 g/mol. The molecule has 2 aromatic carbocycles. The predicted octanol–water partition coefficient (Wildman–Crippen LogP) is 3.57. The lowest BCUT2D eigenvalue weighted by Gasteiger charge is -2.07. The first-order valence-electron chi connectivity index (χ1n) is 6.30. The smallest absolute Gasteiger partial charge is 0.266 e. The fourth-order valence-electron chi connectivity index (χ4n) is 2.00. The topological polar surface area (TPSA) is 66.0 Å². The van der Waals surface area contributed by atoms with Crippen molar-refractivity contribution in [1.29, 1.82) is 0 Å². The molecule has 1 aromatic heterocycles. The zero-order valence-electron chi connectivity index (χ0n) is 10.9. The molecule has 0 radical (unpaired) electrons. The minimum Gasteiger partial charge on any atom is -0.508 e. The summed E-state index contributed by atoms with van der Waals surface area (Å²) in [5, 5.41) is 9.34. The molecule has 2 N–H and O–H groups in total. The van der Waals surface area contributed by atoms with Crippen molar-refractivity contribution in [2.45, 2.75) is 0 Å². The summed E-state index contributed by atoms with van der Waals surface area (Å²) in [6.07, 6.45) is 0. The van der Waals surface area contributed by atoms with Crippen LogP contribution in [0.25, 0.3) is 22.6 Å². The van der Waals surface area contributed by atoms with Crippen LogP contribution in [0.15, 0.2) is 63.9 Å². The van der Waals surface area contributed by atoms with Crippen LogP contribution < -0.4 is 5.56 Å². The molecule has 3 aromatic rings. The Kier molecular flexibility index (Phi) is 3.58. The molecule has 104 valence electrons. The number of phenols is 1. The Morgan fingerprint density at radius 1 is 0.952 bits per heavy atom. The molecule has 0 saturated carbocycles. The van der Waals surface area contributed by atoms with Crippen LogP contribution in [-0.2, 0) is 0 Å². The van der Waals surface area contributed by atoms with Crippen LogP contribution in [0.3, 0.4) is 0 Å².